The zero-order valence-electron chi connectivity index (χ0n) is 13.8. The topological polar surface area (TPSA) is 38.8 Å². The molecule has 1 aromatic carbocycles. The molecule has 1 atom stereocenters. The number of esters is 1. The van der Waals surface area contributed by atoms with Crippen LogP contribution in [0, 0.1) is 17.3 Å². The molecule has 4 aliphatic rings. The lowest BCUT2D eigenvalue weighted by Crippen LogP contribution is -2.58. The molecule has 0 aromatic heterocycles. The minimum atomic E-state index is -0.259. The Hall–Kier alpha value is -1.55. The Labute approximate surface area is 137 Å². The number of piperidine rings is 3. The first-order valence-corrected chi connectivity index (χ1v) is 8.80. The van der Waals surface area contributed by atoms with Crippen LogP contribution in [0.15, 0.2) is 24.3 Å². The summed E-state index contributed by atoms with van der Waals surface area (Å²) < 4.78 is 11.1. The van der Waals surface area contributed by atoms with Gasteiger partial charge >= 0.3 is 5.97 Å². The Morgan fingerprint density at radius 1 is 1.17 bits per heavy atom. The number of carbonyl (C=O) groups is 1. The van der Waals surface area contributed by atoms with E-state index in [0.717, 1.165) is 25.8 Å². The minimum Gasteiger partial charge on any atom is -0.493 e. The number of fused-ring (bicyclic) bond motifs is 3. The van der Waals surface area contributed by atoms with Crippen molar-refractivity contribution in [3.8, 4) is 11.5 Å². The number of methoxy groups -OCH3 is 1. The molecule has 0 spiro atoms. The van der Waals surface area contributed by atoms with E-state index in [1.807, 2.05) is 24.3 Å². The predicted molar refractivity (Wildman–Crippen MR) is 87.6 cm³/mol. The lowest BCUT2D eigenvalue weighted by molar-refractivity contribution is -0.165. The number of ether oxygens (including phenoxy) is 2. The van der Waals surface area contributed by atoms with Crippen molar-refractivity contribution in [1.29, 1.82) is 0 Å². The summed E-state index contributed by atoms with van der Waals surface area (Å²) in [7, 11) is 1.61. The molecule has 4 fully saturated rings. The molecule has 3 saturated heterocycles. The third-order valence-electron chi connectivity index (χ3n) is 6.29. The molecule has 3 aliphatic heterocycles. The molecule has 124 valence electrons. The van der Waals surface area contributed by atoms with Gasteiger partial charge in [0, 0.05) is 6.54 Å². The SMILES string of the molecule is COc1ccccc1OC(=O)C1(C2CN3CCC2CC3)CCC1. The van der Waals surface area contributed by atoms with Gasteiger partial charge in [0.05, 0.1) is 12.5 Å². The summed E-state index contributed by atoms with van der Waals surface area (Å²) in [5.41, 5.74) is -0.259. The van der Waals surface area contributed by atoms with Gasteiger partial charge in [0.2, 0.25) is 0 Å². The van der Waals surface area contributed by atoms with Gasteiger partial charge in [-0.2, -0.15) is 0 Å². The Bertz CT molecular complexity index is 588. The molecule has 4 nitrogen and oxygen atoms in total. The summed E-state index contributed by atoms with van der Waals surface area (Å²) in [4.78, 5) is 15.6. The van der Waals surface area contributed by atoms with Crippen LogP contribution in [0.1, 0.15) is 32.1 Å². The van der Waals surface area contributed by atoms with E-state index in [1.165, 1.54) is 25.9 Å². The first kappa shape index (κ1) is 15.0. The highest BCUT2D eigenvalue weighted by atomic mass is 16.6. The minimum absolute atomic E-state index is 0.0352. The van der Waals surface area contributed by atoms with Crippen LogP contribution in [0.3, 0.4) is 0 Å². The number of rotatable bonds is 4. The van der Waals surface area contributed by atoms with E-state index in [1.54, 1.807) is 7.11 Å². The van der Waals surface area contributed by atoms with Gasteiger partial charge in [-0.25, -0.2) is 0 Å². The van der Waals surface area contributed by atoms with Gasteiger partial charge in [-0.1, -0.05) is 18.6 Å². The third kappa shape index (κ3) is 2.44. The van der Waals surface area contributed by atoms with Gasteiger partial charge in [0.25, 0.3) is 0 Å². The van der Waals surface area contributed by atoms with Crippen LogP contribution in [0.2, 0.25) is 0 Å². The lowest BCUT2D eigenvalue weighted by Gasteiger charge is -2.55. The van der Waals surface area contributed by atoms with Crippen molar-refractivity contribution in [2.75, 3.05) is 26.7 Å². The van der Waals surface area contributed by atoms with Crippen molar-refractivity contribution in [2.24, 2.45) is 17.3 Å². The summed E-state index contributed by atoms with van der Waals surface area (Å²) in [6.45, 7) is 3.49. The molecule has 23 heavy (non-hydrogen) atoms. The Morgan fingerprint density at radius 3 is 2.39 bits per heavy atom. The van der Waals surface area contributed by atoms with Crippen LogP contribution in [0.5, 0.6) is 11.5 Å². The number of para-hydroxylation sites is 2. The highest BCUT2D eigenvalue weighted by Crippen LogP contribution is 2.54. The van der Waals surface area contributed by atoms with Crippen molar-refractivity contribution in [2.45, 2.75) is 32.1 Å². The van der Waals surface area contributed by atoms with Gasteiger partial charge < -0.3 is 14.4 Å². The maximum absolute atomic E-state index is 13.1. The molecule has 1 aliphatic carbocycles. The summed E-state index contributed by atoms with van der Waals surface area (Å²) in [5.74, 6) is 2.32. The molecular weight excluding hydrogens is 290 g/mol. The van der Waals surface area contributed by atoms with Crippen LogP contribution in [-0.2, 0) is 4.79 Å². The van der Waals surface area contributed by atoms with E-state index in [4.69, 9.17) is 9.47 Å². The molecule has 1 aromatic rings. The van der Waals surface area contributed by atoms with Crippen LogP contribution in [0.25, 0.3) is 0 Å². The molecule has 0 radical (unpaired) electrons. The third-order valence-corrected chi connectivity index (χ3v) is 6.29. The van der Waals surface area contributed by atoms with Crippen LogP contribution < -0.4 is 9.47 Å². The zero-order valence-corrected chi connectivity index (χ0v) is 13.8. The summed E-state index contributed by atoms with van der Waals surface area (Å²) in [5, 5.41) is 0. The second-order valence-electron chi connectivity index (χ2n) is 7.29. The predicted octanol–water partition coefficient (Wildman–Crippen LogP) is 3.11. The Morgan fingerprint density at radius 2 is 1.87 bits per heavy atom. The highest BCUT2D eigenvalue weighted by Gasteiger charge is 2.56. The van der Waals surface area contributed by atoms with Gasteiger partial charge in [-0.15, -0.1) is 0 Å². The Balaban J connectivity index is 1.56. The number of hydrogen-bond donors (Lipinski definition) is 0. The number of hydrogen-bond acceptors (Lipinski definition) is 4. The van der Waals surface area contributed by atoms with Crippen molar-refractivity contribution < 1.29 is 14.3 Å². The average molecular weight is 315 g/mol. The van der Waals surface area contributed by atoms with Gasteiger partial charge in [-0.3, -0.25) is 4.79 Å². The summed E-state index contributed by atoms with van der Waals surface area (Å²) in [6.07, 6.45) is 5.60. The number of benzene rings is 1. The van der Waals surface area contributed by atoms with Crippen LogP contribution >= 0.6 is 0 Å². The fourth-order valence-electron chi connectivity index (χ4n) is 4.78. The quantitative estimate of drug-likeness (QED) is 0.632. The molecule has 1 unspecified atom stereocenters. The highest BCUT2D eigenvalue weighted by molar-refractivity contribution is 5.81. The van der Waals surface area contributed by atoms with E-state index in [0.29, 0.717) is 23.3 Å². The van der Waals surface area contributed by atoms with E-state index < -0.39 is 0 Å². The Kier molecular flexibility index (Phi) is 3.80. The maximum Gasteiger partial charge on any atom is 0.317 e. The standard InChI is InChI=1S/C19H25NO3/c1-22-16-5-2-3-6-17(16)23-18(21)19(9-4-10-19)15-13-20-11-7-14(15)8-12-20/h2-3,5-6,14-15H,4,7-13H2,1H3. The largest absolute Gasteiger partial charge is 0.493 e. The summed E-state index contributed by atoms with van der Waals surface area (Å²) >= 11 is 0. The van der Waals surface area contributed by atoms with Crippen molar-refractivity contribution in [1.82, 2.24) is 4.90 Å². The molecule has 3 heterocycles. The monoisotopic (exact) mass is 315 g/mol. The molecule has 5 rings (SSSR count). The van der Waals surface area contributed by atoms with Crippen molar-refractivity contribution in [3.05, 3.63) is 24.3 Å². The first-order valence-electron chi connectivity index (χ1n) is 8.80. The lowest BCUT2D eigenvalue weighted by atomic mass is 9.55. The molecule has 1 saturated carbocycles. The molecular formula is C19H25NO3. The normalized spacial score (nSPS) is 31.3. The molecule has 2 bridgehead atoms. The van der Waals surface area contributed by atoms with E-state index in [9.17, 15) is 4.79 Å². The van der Waals surface area contributed by atoms with Crippen molar-refractivity contribution >= 4 is 5.97 Å². The number of carbonyl (C=O) groups excluding carboxylic acids is 1. The first-order chi connectivity index (χ1) is 11.2. The molecule has 4 heteroatoms. The smallest absolute Gasteiger partial charge is 0.317 e. The number of nitrogens with zero attached hydrogens (tertiary/aromatic N) is 1. The maximum atomic E-state index is 13.1. The second-order valence-corrected chi connectivity index (χ2v) is 7.29. The average Bonchev–Trinajstić information content (AvgIpc) is 2.55. The van der Waals surface area contributed by atoms with Gasteiger partial charge in [-0.05, 0) is 62.7 Å². The van der Waals surface area contributed by atoms with E-state index in [-0.39, 0.29) is 11.4 Å². The van der Waals surface area contributed by atoms with Crippen molar-refractivity contribution in [3.63, 3.8) is 0 Å². The molecule has 0 N–H and O–H groups in total. The summed E-state index contributed by atoms with van der Waals surface area (Å²) in [6, 6.07) is 7.43. The van der Waals surface area contributed by atoms with E-state index in [2.05, 4.69) is 4.90 Å². The van der Waals surface area contributed by atoms with Gasteiger partial charge in [0.15, 0.2) is 11.5 Å². The fraction of sp³-hybridized carbons (Fsp3) is 0.632. The molecule has 0 amide bonds. The van der Waals surface area contributed by atoms with Crippen LogP contribution in [-0.4, -0.2) is 37.6 Å². The second kappa shape index (κ2) is 5.82. The van der Waals surface area contributed by atoms with E-state index >= 15 is 0 Å². The zero-order chi connectivity index (χ0) is 15.9. The fourth-order valence-corrected chi connectivity index (χ4v) is 4.78. The van der Waals surface area contributed by atoms with Crippen LogP contribution in [0.4, 0.5) is 0 Å². The van der Waals surface area contributed by atoms with Gasteiger partial charge in [0.1, 0.15) is 0 Å².